The van der Waals surface area contributed by atoms with Crippen LogP contribution in [0, 0.1) is 0 Å². The third-order valence-corrected chi connectivity index (χ3v) is 9.22. The van der Waals surface area contributed by atoms with Gasteiger partial charge < -0.3 is 34.8 Å². The molecule has 1 fully saturated rings. The van der Waals surface area contributed by atoms with E-state index in [-0.39, 0.29) is 25.0 Å². The number of methoxy groups -OCH3 is 2. The number of anilines is 1. The smallest absolute Gasteiger partial charge is 0.321 e. The molecule has 1 aliphatic heterocycles. The van der Waals surface area contributed by atoms with Crippen molar-refractivity contribution in [1.29, 1.82) is 0 Å². The number of pyridine rings is 1. The molecule has 1 saturated heterocycles. The van der Waals surface area contributed by atoms with Gasteiger partial charge in [-0.05, 0) is 71.5 Å². The Kier molecular flexibility index (Phi) is 11.2. The molecule has 5 aromatic rings. The summed E-state index contributed by atoms with van der Waals surface area (Å²) in [6.45, 7) is 0.176. The molecule has 3 amide bonds. The number of hydrogen-bond donors (Lipinski definition) is 3. The zero-order chi connectivity index (χ0) is 35.7. The summed E-state index contributed by atoms with van der Waals surface area (Å²) in [5.41, 5.74) is 3.62. The zero-order valence-electron chi connectivity index (χ0n) is 28.6. The van der Waals surface area contributed by atoms with E-state index in [4.69, 9.17) is 9.47 Å². The molecule has 262 valence electrons. The predicted molar refractivity (Wildman–Crippen MR) is 195 cm³/mol. The van der Waals surface area contributed by atoms with Crippen LogP contribution in [0.2, 0.25) is 0 Å². The van der Waals surface area contributed by atoms with E-state index in [1.54, 1.807) is 72.7 Å². The van der Waals surface area contributed by atoms with Crippen molar-refractivity contribution in [2.45, 2.75) is 50.2 Å². The van der Waals surface area contributed by atoms with E-state index in [1.165, 1.54) is 0 Å². The molecule has 10 heteroatoms. The first-order valence-corrected chi connectivity index (χ1v) is 16.9. The maximum atomic E-state index is 15.1. The average Bonchev–Trinajstić information content (AvgIpc) is 3.23. The van der Waals surface area contributed by atoms with Crippen LogP contribution in [0.1, 0.15) is 32.6 Å². The molecule has 1 aliphatic rings. The summed E-state index contributed by atoms with van der Waals surface area (Å²) in [4.78, 5) is 35.8. The van der Waals surface area contributed by atoms with Crippen LogP contribution in [0.15, 0.2) is 128 Å². The lowest BCUT2D eigenvalue weighted by Crippen LogP contribution is -2.50. The number of carbonyl (C=O) groups is 2. The number of hydrogen-bond acceptors (Lipinski definition) is 7. The Hall–Kier alpha value is -5.71. The Morgan fingerprint density at radius 3 is 1.73 bits per heavy atom. The second-order valence-electron chi connectivity index (χ2n) is 12.6. The summed E-state index contributed by atoms with van der Waals surface area (Å²) in [6.07, 6.45) is -0.397. The maximum absolute atomic E-state index is 15.1. The standard InChI is InChI=1S/C41H42N4O6/c1-50-33-21-31(22-34(25-33)51-2)27-45-36(24-29-14-7-4-8-15-29)39(47)38(46)35(23-28-12-5-3-6-13-28)44(41(45)49)26-30-16-11-17-32(20-30)40(48)43-37-18-9-10-19-42-37/h3-22,25,35-36,38-39,46-47H,23-24,26-27H2,1-2H3,(H,42,43,48)/t35-,36-,38+,39+/m1/s1. The highest BCUT2D eigenvalue weighted by Crippen LogP contribution is 2.32. The molecule has 6 rings (SSSR count). The topological polar surface area (TPSA) is 124 Å². The fraction of sp³-hybridized carbons (Fsp3) is 0.244. The van der Waals surface area contributed by atoms with Crippen LogP contribution in [-0.4, -0.2) is 75.4 Å². The number of nitrogens with zero attached hydrogens (tertiary/aromatic N) is 3. The second kappa shape index (κ2) is 16.3. The van der Waals surface area contributed by atoms with E-state index in [0.29, 0.717) is 41.3 Å². The molecule has 10 nitrogen and oxygen atoms in total. The van der Waals surface area contributed by atoms with Crippen LogP contribution in [0.4, 0.5) is 10.6 Å². The summed E-state index contributed by atoms with van der Waals surface area (Å²) < 4.78 is 11.1. The van der Waals surface area contributed by atoms with Crippen molar-refractivity contribution < 1.29 is 29.3 Å². The van der Waals surface area contributed by atoms with Gasteiger partial charge in [-0.1, -0.05) is 78.9 Å². The van der Waals surface area contributed by atoms with E-state index < -0.39 is 24.3 Å². The number of urea groups is 1. The molecule has 0 saturated carbocycles. The molecule has 0 unspecified atom stereocenters. The van der Waals surface area contributed by atoms with Gasteiger partial charge in [0, 0.05) is 30.9 Å². The molecule has 0 aliphatic carbocycles. The van der Waals surface area contributed by atoms with Crippen LogP contribution in [0.3, 0.4) is 0 Å². The van der Waals surface area contributed by atoms with Crippen molar-refractivity contribution in [3.8, 4) is 11.5 Å². The van der Waals surface area contributed by atoms with Crippen LogP contribution in [0.5, 0.6) is 11.5 Å². The Balaban J connectivity index is 1.41. The predicted octanol–water partition coefficient (Wildman–Crippen LogP) is 5.73. The largest absolute Gasteiger partial charge is 0.497 e. The first kappa shape index (κ1) is 35.1. The second-order valence-corrected chi connectivity index (χ2v) is 12.6. The Morgan fingerprint density at radius 2 is 1.20 bits per heavy atom. The van der Waals surface area contributed by atoms with E-state index in [2.05, 4.69) is 10.3 Å². The summed E-state index contributed by atoms with van der Waals surface area (Å²) >= 11 is 0. The van der Waals surface area contributed by atoms with Crippen LogP contribution < -0.4 is 14.8 Å². The minimum absolute atomic E-state index is 0.0702. The van der Waals surface area contributed by atoms with Gasteiger partial charge in [-0.25, -0.2) is 9.78 Å². The Bertz CT molecular complexity index is 1890. The molecule has 0 spiro atoms. The molecule has 0 radical (unpaired) electrons. The highest BCUT2D eigenvalue weighted by atomic mass is 16.5. The Morgan fingerprint density at radius 1 is 0.667 bits per heavy atom. The minimum Gasteiger partial charge on any atom is -0.497 e. The van der Waals surface area contributed by atoms with Crippen LogP contribution >= 0.6 is 0 Å². The fourth-order valence-electron chi connectivity index (χ4n) is 6.60. The van der Waals surface area contributed by atoms with Crippen LogP contribution in [-0.2, 0) is 25.9 Å². The summed E-state index contributed by atoms with van der Waals surface area (Å²) in [7, 11) is 3.13. The van der Waals surface area contributed by atoms with E-state index in [1.807, 2.05) is 78.9 Å². The zero-order valence-corrected chi connectivity index (χ0v) is 28.6. The van der Waals surface area contributed by atoms with Crippen molar-refractivity contribution in [2.75, 3.05) is 19.5 Å². The number of nitrogens with one attached hydrogen (secondary N) is 1. The number of aromatic nitrogens is 1. The summed E-state index contributed by atoms with van der Waals surface area (Å²) in [5.74, 6) is 1.20. The van der Waals surface area contributed by atoms with Gasteiger partial charge in [0.05, 0.1) is 26.3 Å². The highest BCUT2D eigenvalue weighted by Gasteiger charge is 2.46. The van der Waals surface area contributed by atoms with Gasteiger partial charge in [0.1, 0.15) is 29.5 Å². The normalized spacial score (nSPS) is 18.9. The summed E-state index contributed by atoms with van der Waals surface area (Å²) in [5, 5.41) is 26.9. The lowest BCUT2D eigenvalue weighted by molar-refractivity contribution is -0.0408. The van der Waals surface area contributed by atoms with Gasteiger partial charge in [-0.2, -0.15) is 0 Å². The maximum Gasteiger partial charge on any atom is 0.321 e. The molecule has 51 heavy (non-hydrogen) atoms. The number of amides is 3. The molecular weight excluding hydrogens is 644 g/mol. The third-order valence-electron chi connectivity index (χ3n) is 9.22. The van der Waals surface area contributed by atoms with Gasteiger partial charge >= 0.3 is 6.03 Å². The van der Waals surface area contributed by atoms with Crippen molar-refractivity contribution >= 4 is 17.8 Å². The summed E-state index contributed by atoms with van der Waals surface area (Å²) in [6, 6.07) is 35.0. The van der Waals surface area contributed by atoms with Gasteiger partial charge in [0.25, 0.3) is 5.91 Å². The third kappa shape index (κ3) is 8.54. The molecule has 1 aromatic heterocycles. The van der Waals surface area contributed by atoms with E-state index >= 15 is 4.79 Å². The number of rotatable bonds is 12. The van der Waals surface area contributed by atoms with Gasteiger partial charge in [0.2, 0.25) is 0 Å². The molecule has 4 atom stereocenters. The lowest BCUT2D eigenvalue weighted by atomic mass is 9.91. The number of aliphatic hydroxyl groups is 2. The number of aliphatic hydroxyl groups excluding tert-OH is 2. The van der Waals surface area contributed by atoms with Crippen molar-refractivity contribution in [3.05, 3.63) is 155 Å². The molecule has 4 aromatic carbocycles. The van der Waals surface area contributed by atoms with Crippen molar-refractivity contribution in [1.82, 2.24) is 14.8 Å². The van der Waals surface area contributed by atoms with Gasteiger partial charge in [0.15, 0.2) is 0 Å². The van der Waals surface area contributed by atoms with Crippen molar-refractivity contribution in [3.63, 3.8) is 0 Å². The van der Waals surface area contributed by atoms with E-state index in [9.17, 15) is 15.0 Å². The van der Waals surface area contributed by atoms with Crippen molar-refractivity contribution in [2.24, 2.45) is 0 Å². The van der Waals surface area contributed by atoms with Gasteiger partial charge in [-0.3, -0.25) is 4.79 Å². The lowest BCUT2D eigenvalue weighted by Gasteiger charge is -2.36. The fourth-order valence-corrected chi connectivity index (χ4v) is 6.60. The van der Waals surface area contributed by atoms with E-state index in [0.717, 1.165) is 16.7 Å². The van der Waals surface area contributed by atoms with Crippen LogP contribution in [0.25, 0.3) is 0 Å². The average molecular weight is 687 g/mol. The number of benzene rings is 4. The SMILES string of the molecule is COc1cc(CN2C(=O)N(Cc3cccc(C(=O)Nc4ccccn4)c3)[C@H](Cc3ccccc3)[C@H](O)[C@@H](O)[C@H]2Cc2ccccc2)cc(OC)c1. The Labute approximate surface area is 297 Å². The molecule has 3 N–H and O–H groups in total. The highest BCUT2D eigenvalue weighted by molar-refractivity contribution is 6.03. The molecule has 0 bridgehead atoms. The molecule has 2 heterocycles. The monoisotopic (exact) mass is 686 g/mol. The minimum atomic E-state index is -1.30. The van der Waals surface area contributed by atoms with Gasteiger partial charge in [-0.15, -0.1) is 0 Å². The number of carbonyl (C=O) groups excluding carboxylic acids is 2. The number of ether oxygens (including phenoxy) is 2. The first-order chi connectivity index (χ1) is 24.8. The quantitative estimate of drug-likeness (QED) is 0.153. The first-order valence-electron chi connectivity index (χ1n) is 16.9. The molecular formula is C41H42N4O6.